The Bertz CT molecular complexity index is 1310. The smallest absolute Gasteiger partial charge is 0.339 e. The van der Waals surface area contributed by atoms with Gasteiger partial charge in [0.1, 0.15) is 0 Å². The minimum Gasteiger partial charge on any atom is -0.465 e. The second-order valence-corrected chi connectivity index (χ2v) is 7.98. The first-order valence-electron chi connectivity index (χ1n) is 8.44. The number of hydrogen-bond acceptors (Lipinski definition) is 6. The fraction of sp³-hybridized carbons (Fsp3) is 0.0500. The number of para-hydroxylation sites is 1. The van der Waals surface area contributed by atoms with Crippen LogP contribution in [0.3, 0.4) is 0 Å². The van der Waals surface area contributed by atoms with Crippen molar-refractivity contribution in [3.05, 3.63) is 71.3 Å². The summed E-state index contributed by atoms with van der Waals surface area (Å²) in [7, 11) is -2.96. The van der Waals surface area contributed by atoms with Crippen molar-refractivity contribution in [3.63, 3.8) is 0 Å². The van der Waals surface area contributed by atoms with Crippen LogP contribution in [0, 0.1) is 0 Å². The lowest BCUT2D eigenvalue weighted by molar-refractivity contribution is 0.0601. The maximum Gasteiger partial charge on any atom is 0.339 e. The number of amides is 2. The molecule has 0 unspecified atom stereocenters. The van der Waals surface area contributed by atoms with Crippen molar-refractivity contribution in [2.24, 2.45) is 0 Å². The normalized spacial score (nSPS) is 13.1. The molecule has 0 aromatic heterocycles. The van der Waals surface area contributed by atoms with Crippen LogP contribution in [-0.4, -0.2) is 33.3 Å². The Morgan fingerprint density at radius 2 is 1.69 bits per heavy atom. The van der Waals surface area contributed by atoms with Crippen molar-refractivity contribution >= 4 is 44.3 Å². The molecule has 0 radical (unpaired) electrons. The number of carbonyl (C=O) groups is 3. The summed E-state index contributed by atoms with van der Waals surface area (Å²) in [5.41, 5.74) is 0.470. The molecule has 4 rings (SSSR count). The van der Waals surface area contributed by atoms with E-state index >= 15 is 0 Å². The molecule has 0 atom stereocenters. The summed E-state index contributed by atoms with van der Waals surface area (Å²) in [6.45, 7) is 0. The van der Waals surface area contributed by atoms with E-state index in [4.69, 9.17) is 0 Å². The number of imide groups is 1. The van der Waals surface area contributed by atoms with E-state index in [1.165, 1.54) is 31.4 Å². The molecular formula is C20H14N2O6S. The van der Waals surface area contributed by atoms with Gasteiger partial charge in [0.2, 0.25) is 0 Å². The van der Waals surface area contributed by atoms with Gasteiger partial charge in [-0.15, -0.1) is 0 Å². The molecule has 0 bridgehead atoms. The van der Waals surface area contributed by atoms with Crippen LogP contribution in [0.4, 0.5) is 5.69 Å². The van der Waals surface area contributed by atoms with E-state index in [2.05, 4.69) is 14.8 Å². The Hall–Kier alpha value is -3.72. The van der Waals surface area contributed by atoms with Crippen LogP contribution in [0.2, 0.25) is 0 Å². The van der Waals surface area contributed by atoms with Crippen LogP contribution < -0.4 is 10.0 Å². The van der Waals surface area contributed by atoms with Gasteiger partial charge in [-0.05, 0) is 35.7 Å². The maximum atomic E-state index is 13.0. The molecule has 3 aromatic rings. The van der Waals surface area contributed by atoms with Gasteiger partial charge in [0.05, 0.1) is 23.3 Å². The van der Waals surface area contributed by atoms with E-state index in [9.17, 15) is 22.8 Å². The van der Waals surface area contributed by atoms with Gasteiger partial charge in [-0.2, -0.15) is 0 Å². The first-order chi connectivity index (χ1) is 13.8. The number of ether oxygens (including phenoxy) is 1. The third-order valence-electron chi connectivity index (χ3n) is 4.55. The molecule has 1 aliphatic rings. The Balaban J connectivity index is 1.85. The second-order valence-electron chi connectivity index (χ2n) is 6.30. The van der Waals surface area contributed by atoms with Gasteiger partial charge >= 0.3 is 5.97 Å². The molecule has 9 heteroatoms. The lowest BCUT2D eigenvalue weighted by Crippen LogP contribution is -2.34. The summed E-state index contributed by atoms with van der Waals surface area (Å²) in [6, 6.07) is 13.4. The molecule has 1 heterocycles. The number of esters is 1. The summed E-state index contributed by atoms with van der Waals surface area (Å²) < 4.78 is 33.0. The summed E-state index contributed by atoms with van der Waals surface area (Å²) >= 11 is 0. The standard InChI is InChI=1S/C20H14N2O6S/c1-28-20(25)13-6-2-3-8-16(13)22-29(26,27)12-9-11-5-4-7-14-17(11)15(10-12)19(24)21-18(14)23/h2-10,22H,1H3,(H,21,23,24). The molecule has 2 N–H and O–H groups in total. The molecule has 2 amide bonds. The van der Waals surface area contributed by atoms with Crippen LogP contribution in [0.25, 0.3) is 10.8 Å². The fourth-order valence-corrected chi connectivity index (χ4v) is 4.37. The Morgan fingerprint density at radius 1 is 0.966 bits per heavy atom. The van der Waals surface area contributed by atoms with E-state index in [0.29, 0.717) is 16.3 Å². The van der Waals surface area contributed by atoms with Gasteiger partial charge in [0, 0.05) is 16.5 Å². The predicted octanol–water partition coefficient (Wildman–Crippen LogP) is 2.31. The van der Waals surface area contributed by atoms with Crippen LogP contribution in [-0.2, 0) is 14.8 Å². The number of anilines is 1. The summed E-state index contributed by atoms with van der Waals surface area (Å²) in [5, 5.41) is 3.03. The monoisotopic (exact) mass is 410 g/mol. The minimum atomic E-state index is -4.15. The molecule has 3 aromatic carbocycles. The first-order valence-corrected chi connectivity index (χ1v) is 9.93. The van der Waals surface area contributed by atoms with Gasteiger partial charge in [-0.25, -0.2) is 13.2 Å². The van der Waals surface area contributed by atoms with Crippen LogP contribution in [0.15, 0.2) is 59.5 Å². The Labute approximate surface area is 165 Å². The van der Waals surface area contributed by atoms with Crippen LogP contribution >= 0.6 is 0 Å². The number of nitrogens with one attached hydrogen (secondary N) is 2. The summed E-state index contributed by atoms with van der Waals surface area (Å²) in [4.78, 5) is 36.1. The zero-order valence-electron chi connectivity index (χ0n) is 15.1. The molecule has 146 valence electrons. The third-order valence-corrected chi connectivity index (χ3v) is 5.90. The first kappa shape index (κ1) is 18.6. The molecular weight excluding hydrogens is 396 g/mol. The molecule has 0 saturated carbocycles. The number of sulfonamides is 1. The van der Waals surface area contributed by atoms with E-state index in [1.54, 1.807) is 30.3 Å². The molecule has 0 aliphatic carbocycles. The quantitative estimate of drug-likeness (QED) is 0.503. The highest BCUT2D eigenvalue weighted by molar-refractivity contribution is 7.92. The van der Waals surface area contributed by atoms with E-state index in [1.807, 2.05) is 0 Å². The van der Waals surface area contributed by atoms with Crippen molar-refractivity contribution in [1.82, 2.24) is 5.32 Å². The molecule has 1 aliphatic heterocycles. The highest BCUT2D eigenvalue weighted by atomic mass is 32.2. The van der Waals surface area contributed by atoms with Gasteiger partial charge < -0.3 is 4.74 Å². The van der Waals surface area contributed by atoms with Crippen molar-refractivity contribution in [2.75, 3.05) is 11.8 Å². The zero-order valence-corrected chi connectivity index (χ0v) is 15.9. The SMILES string of the molecule is COC(=O)c1ccccc1NS(=O)(=O)c1cc2c3c(cccc3c1)C(=O)NC2=O. The van der Waals surface area contributed by atoms with E-state index < -0.39 is 27.8 Å². The fourth-order valence-electron chi connectivity index (χ4n) is 3.23. The van der Waals surface area contributed by atoms with E-state index in [0.717, 1.165) is 0 Å². The van der Waals surface area contributed by atoms with Crippen LogP contribution in [0.1, 0.15) is 31.1 Å². The Kier molecular flexibility index (Phi) is 4.31. The van der Waals surface area contributed by atoms with Crippen LogP contribution in [0.5, 0.6) is 0 Å². The van der Waals surface area contributed by atoms with Crippen molar-refractivity contribution < 1.29 is 27.5 Å². The van der Waals surface area contributed by atoms with Gasteiger partial charge in [0.25, 0.3) is 21.8 Å². The second kappa shape index (κ2) is 6.71. The van der Waals surface area contributed by atoms with Crippen molar-refractivity contribution in [1.29, 1.82) is 0 Å². The average molecular weight is 410 g/mol. The van der Waals surface area contributed by atoms with Crippen molar-refractivity contribution in [2.45, 2.75) is 4.90 Å². The number of benzene rings is 3. The minimum absolute atomic E-state index is 0.0430. The highest BCUT2D eigenvalue weighted by Gasteiger charge is 2.28. The highest BCUT2D eigenvalue weighted by Crippen LogP contribution is 2.30. The molecule has 0 spiro atoms. The number of carbonyl (C=O) groups excluding carboxylic acids is 3. The Morgan fingerprint density at radius 3 is 2.45 bits per heavy atom. The number of hydrogen-bond donors (Lipinski definition) is 2. The molecule has 8 nitrogen and oxygen atoms in total. The van der Waals surface area contributed by atoms with Crippen molar-refractivity contribution in [3.8, 4) is 0 Å². The molecule has 0 saturated heterocycles. The molecule has 29 heavy (non-hydrogen) atoms. The zero-order chi connectivity index (χ0) is 20.8. The maximum absolute atomic E-state index is 13.0. The predicted molar refractivity (Wildman–Crippen MR) is 104 cm³/mol. The average Bonchev–Trinajstić information content (AvgIpc) is 2.71. The molecule has 0 fully saturated rings. The summed E-state index contributed by atoms with van der Waals surface area (Å²) in [6.07, 6.45) is 0. The lowest BCUT2D eigenvalue weighted by atomic mass is 9.95. The number of methoxy groups -OCH3 is 1. The van der Waals surface area contributed by atoms with E-state index in [-0.39, 0.29) is 21.7 Å². The number of rotatable bonds is 4. The third kappa shape index (κ3) is 3.11. The lowest BCUT2D eigenvalue weighted by Gasteiger charge is -2.18. The topological polar surface area (TPSA) is 119 Å². The van der Waals surface area contributed by atoms with Gasteiger partial charge in [0.15, 0.2) is 0 Å². The van der Waals surface area contributed by atoms with Gasteiger partial charge in [-0.3, -0.25) is 19.6 Å². The largest absolute Gasteiger partial charge is 0.465 e. The summed E-state index contributed by atoms with van der Waals surface area (Å²) in [5.74, 6) is -1.90. The van der Waals surface area contributed by atoms with Gasteiger partial charge in [-0.1, -0.05) is 24.3 Å².